The number of carbonyl (C=O) groups excluding carboxylic acids is 1. The Balaban J connectivity index is 1.70. The molecule has 8 nitrogen and oxygen atoms in total. The molecule has 23 heavy (non-hydrogen) atoms. The molecule has 1 atom stereocenters. The Morgan fingerprint density at radius 2 is 2.22 bits per heavy atom. The van der Waals surface area contributed by atoms with E-state index in [1.807, 2.05) is 0 Å². The molecule has 3 heterocycles. The number of alkyl halides is 3. The molecule has 0 unspecified atom stereocenters. The summed E-state index contributed by atoms with van der Waals surface area (Å²) in [6.45, 7) is -0.807. The molecular formula is C11H12F3N7OS. The van der Waals surface area contributed by atoms with Crippen LogP contribution in [0.1, 0.15) is 6.42 Å². The first-order valence-corrected chi connectivity index (χ1v) is 7.51. The van der Waals surface area contributed by atoms with E-state index in [4.69, 9.17) is 0 Å². The highest BCUT2D eigenvalue weighted by Crippen LogP contribution is 2.32. The number of rotatable bonds is 4. The number of carbonyl (C=O) groups is 1. The average Bonchev–Trinajstić information content (AvgIpc) is 3.13. The quantitative estimate of drug-likeness (QED) is 0.816. The fourth-order valence-corrected chi connectivity index (χ4v) is 3.26. The van der Waals surface area contributed by atoms with Gasteiger partial charge < -0.3 is 4.90 Å². The number of tetrazole rings is 1. The predicted octanol–water partition coefficient (Wildman–Crippen LogP) is 0.866. The van der Waals surface area contributed by atoms with Crippen LogP contribution in [0.25, 0.3) is 0 Å². The summed E-state index contributed by atoms with van der Waals surface area (Å²) in [6, 6.07) is 0. The highest BCUT2D eigenvalue weighted by Gasteiger charge is 2.36. The van der Waals surface area contributed by atoms with Crippen LogP contribution in [0.3, 0.4) is 0 Å². The van der Waals surface area contributed by atoms with Gasteiger partial charge >= 0.3 is 6.18 Å². The minimum absolute atomic E-state index is 0.0197. The van der Waals surface area contributed by atoms with E-state index < -0.39 is 18.0 Å². The number of thioether (sulfide) groups is 1. The van der Waals surface area contributed by atoms with Gasteiger partial charge in [0.2, 0.25) is 11.1 Å². The summed E-state index contributed by atoms with van der Waals surface area (Å²) < 4.78 is 39.6. The van der Waals surface area contributed by atoms with Crippen LogP contribution in [0, 0.1) is 0 Å². The van der Waals surface area contributed by atoms with E-state index in [1.54, 1.807) is 29.0 Å². The van der Waals surface area contributed by atoms with Crippen molar-refractivity contribution in [2.24, 2.45) is 7.05 Å². The van der Waals surface area contributed by atoms with Crippen molar-refractivity contribution in [3.05, 3.63) is 12.4 Å². The monoisotopic (exact) mass is 347 g/mol. The highest BCUT2D eigenvalue weighted by molar-refractivity contribution is 8.00. The SMILES string of the molecule is Cn1cc(N2CC[C@H](Sc3nnnn3CC(F)(F)F)C2=O)cn1. The minimum Gasteiger partial charge on any atom is -0.308 e. The molecule has 3 rings (SSSR count). The molecule has 1 saturated heterocycles. The molecule has 1 fully saturated rings. The molecule has 1 aliphatic rings. The molecule has 2 aromatic heterocycles. The molecule has 0 aromatic carbocycles. The van der Waals surface area contributed by atoms with Gasteiger partial charge in [-0.1, -0.05) is 11.8 Å². The maximum absolute atomic E-state index is 12.5. The van der Waals surface area contributed by atoms with Crippen LogP contribution in [0.15, 0.2) is 17.6 Å². The molecule has 0 radical (unpaired) electrons. The summed E-state index contributed by atoms with van der Waals surface area (Å²) >= 11 is 0.947. The zero-order valence-corrected chi connectivity index (χ0v) is 12.8. The maximum Gasteiger partial charge on any atom is 0.408 e. The van der Waals surface area contributed by atoms with E-state index in [2.05, 4.69) is 20.6 Å². The molecule has 0 aliphatic carbocycles. The second kappa shape index (κ2) is 5.83. The number of nitrogens with zero attached hydrogens (tertiary/aromatic N) is 7. The average molecular weight is 347 g/mol. The van der Waals surface area contributed by atoms with Gasteiger partial charge in [0.05, 0.1) is 17.1 Å². The van der Waals surface area contributed by atoms with Crippen molar-refractivity contribution in [3.63, 3.8) is 0 Å². The number of anilines is 1. The standard InChI is InChI=1S/C11H12F3N7OS/c1-19-5-7(4-15-19)20-3-2-8(9(20)22)23-10-16-17-18-21(10)6-11(12,13)14/h4-5,8H,2-3,6H2,1H3/t8-/m0/s1. The van der Waals surface area contributed by atoms with Crippen molar-refractivity contribution in [3.8, 4) is 0 Å². The van der Waals surface area contributed by atoms with Crippen LogP contribution in [0.2, 0.25) is 0 Å². The molecule has 0 saturated carbocycles. The van der Waals surface area contributed by atoms with Gasteiger partial charge in [0.1, 0.15) is 6.54 Å². The van der Waals surface area contributed by atoms with Crippen LogP contribution in [-0.2, 0) is 18.4 Å². The van der Waals surface area contributed by atoms with Crippen molar-refractivity contribution in [1.29, 1.82) is 0 Å². The lowest BCUT2D eigenvalue weighted by Gasteiger charge is -2.14. The first kappa shape index (κ1) is 15.8. The minimum atomic E-state index is -4.42. The van der Waals surface area contributed by atoms with Gasteiger partial charge in [0.25, 0.3) is 0 Å². The van der Waals surface area contributed by atoms with Crippen molar-refractivity contribution in [1.82, 2.24) is 30.0 Å². The third kappa shape index (κ3) is 3.46. The fourth-order valence-electron chi connectivity index (χ4n) is 2.24. The third-order valence-electron chi connectivity index (χ3n) is 3.24. The summed E-state index contributed by atoms with van der Waals surface area (Å²) in [7, 11) is 1.74. The lowest BCUT2D eigenvalue weighted by molar-refractivity contribution is -0.144. The summed E-state index contributed by atoms with van der Waals surface area (Å²) in [5.74, 6) is -0.190. The first-order valence-electron chi connectivity index (χ1n) is 6.63. The normalized spacial score (nSPS) is 18.9. The van der Waals surface area contributed by atoms with Crippen LogP contribution < -0.4 is 4.90 Å². The topological polar surface area (TPSA) is 81.7 Å². The van der Waals surface area contributed by atoms with Crippen LogP contribution in [0.5, 0.6) is 0 Å². The lowest BCUT2D eigenvalue weighted by atomic mass is 10.4. The number of halogens is 3. The molecule has 0 bridgehead atoms. The number of aromatic nitrogens is 6. The van der Waals surface area contributed by atoms with E-state index >= 15 is 0 Å². The van der Waals surface area contributed by atoms with Gasteiger partial charge in [0, 0.05) is 19.8 Å². The largest absolute Gasteiger partial charge is 0.408 e. The number of hydrogen-bond donors (Lipinski definition) is 0. The lowest BCUT2D eigenvalue weighted by Crippen LogP contribution is -2.28. The molecule has 12 heteroatoms. The Morgan fingerprint density at radius 1 is 1.43 bits per heavy atom. The second-order valence-electron chi connectivity index (χ2n) is 4.99. The summed E-state index contributed by atoms with van der Waals surface area (Å²) in [5.41, 5.74) is 0.662. The van der Waals surface area contributed by atoms with E-state index in [9.17, 15) is 18.0 Å². The molecule has 1 aliphatic heterocycles. The zero-order valence-electron chi connectivity index (χ0n) is 11.9. The highest BCUT2D eigenvalue weighted by atomic mass is 32.2. The van der Waals surface area contributed by atoms with E-state index in [0.717, 1.165) is 11.8 Å². The Hall–Kier alpha value is -2.11. The van der Waals surface area contributed by atoms with Crippen LogP contribution >= 0.6 is 11.8 Å². The van der Waals surface area contributed by atoms with E-state index in [0.29, 0.717) is 23.3 Å². The van der Waals surface area contributed by atoms with Crippen molar-refractivity contribution >= 4 is 23.4 Å². The summed E-state index contributed by atoms with van der Waals surface area (Å²) in [6.07, 6.45) is -0.652. The van der Waals surface area contributed by atoms with Crippen molar-refractivity contribution < 1.29 is 18.0 Å². The van der Waals surface area contributed by atoms with Gasteiger partial charge in [-0.05, 0) is 16.8 Å². The molecular weight excluding hydrogens is 335 g/mol. The van der Waals surface area contributed by atoms with Gasteiger partial charge in [-0.2, -0.15) is 18.3 Å². The smallest absolute Gasteiger partial charge is 0.308 e. The zero-order chi connectivity index (χ0) is 16.6. The second-order valence-corrected chi connectivity index (χ2v) is 6.16. The van der Waals surface area contributed by atoms with Crippen LogP contribution in [-0.4, -0.2) is 53.9 Å². The summed E-state index contributed by atoms with van der Waals surface area (Å²) in [4.78, 5) is 14.0. The first-order chi connectivity index (χ1) is 10.8. The van der Waals surface area contributed by atoms with E-state index in [-0.39, 0.29) is 11.1 Å². The summed E-state index contributed by atoms with van der Waals surface area (Å²) in [5, 5.41) is 13.6. The number of hydrogen-bond acceptors (Lipinski definition) is 6. The van der Waals surface area contributed by atoms with E-state index in [1.165, 1.54) is 0 Å². The molecule has 0 spiro atoms. The molecule has 124 valence electrons. The molecule has 1 amide bonds. The Bertz CT molecular complexity index is 713. The number of amides is 1. The van der Waals surface area contributed by atoms with Crippen LogP contribution in [0.4, 0.5) is 18.9 Å². The number of aryl methyl sites for hydroxylation is 1. The Kier molecular flexibility index (Phi) is 4.00. The van der Waals surface area contributed by atoms with Gasteiger partial charge in [-0.3, -0.25) is 9.48 Å². The Labute approximate surface area is 132 Å². The van der Waals surface area contributed by atoms with Gasteiger partial charge in [0.15, 0.2) is 0 Å². The van der Waals surface area contributed by atoms with Gasteiger partial charge in [-0.25, -0.2) is 4.68 Å². The van der Waals surface area contributed by atoms with Crippen molar-refractivity contribution in [2.45, 2.75) is 29.5 Å². The molecule has 0 N–H and O–H groups in total. The Morgan fingerprint density at radius 3 is 2.87 bits per heavy atom. The van der Waals surface area contributed by atoms with Gasteiger partial charge in [-0.15, -0.1) is 5.10 Å². The van der Waals surface area contributed by atoms with Crippen molar-refractivity contribution in [2.75, 3.05) is 11.4 Å². The maximum atomic E-state index is 12.5. The molecule has 2 aromatic rings. The predicted molar refractivity (Wildman–Crippen MR) is 73.7 cm³/mol. The fraction of sp³-hybridized carbons (Fsp3) is 0.545. The third-order valence-corrected chi connectivity index (χ3v) is 4.46.